The summed E-state index contributed by atoms with van der Waals surface area (Å²) in [6, 6.07) is 3.94. The van der Waals surface area contributed by atoms with Crippen molar-refractivity contribution >= 4 is 22.4 Å². The van der Waals surface area contributed by atoms with Gasteiger partial charge in [-0.2, -0.15) is 4.31 Å². The van der Waals surface area contributed by atoms with Crippen LogP contribution in [0.25, 0.3) is 0 Å². The van der Waals surface area contributed by atoms with Crippen molar-refractivity contribution in [1.29, 1.82) is 0 Å². The highest BCUT2D eigenvalue weighted by molar-refractivity contribution is 7.89. The lowest BCUT2D eigenvalue weighted by Gasteiger charge is -2.30. The fourth-order valence-corrected chi connectivity index (χ4v) is 3.81. The van der Waals surface area contributed by atoms with E-state index in [-0.39, 0.29) is 29.2 Å². The molecular formula is C13H20ClFN2O2S. The van der Waals surface area contributed by atoms with Crippen LogP contribution < -0.4 is 5.32 Å². The number of benzene rings is 1. The molecule has 1 fully saturated rings. The third-order valence-electron chi connectivity index (χ3n) is 3.63. The molecule has 1 saturated heterocycles. The summed E-state index contributed by atoms with van der Waals surface area (Å²) in [4.78, 5) is 0.160. The molecule has 0 unspecified atom stereocenters. The molecule has 0 aromatic heterocycles. The number of hydrogen-bond donors (Lipinski definition) is 1. The molecule has 0 aliphatic carbocycles. The summed E-state index contributed by atoms with van der Waals surface area (Å²) in [5, 5.41) is 3.21. The Balaban J connectivity index is 0.00000200. The third-order valence-corrected chi connectivity index (χ3v) is 5.54. The van der Waals surface area contributed by atoms with Gasteiger partial charge in [-0.25, -0.2) is 12.8 Å². The number of halogens is 2. The third kappa shape index (κ3) is 3.49. The fraction of sp³-hybridized carbons (Fsp3) is 0.538. The molecule has 0 spiro atoms. The van der Waals surface area contributed by atoms with Crippen LogP contribution in [0.1, 0.15) is 18.4 Å². The number of nitrogens with one attached hydrogen (secondary N) is 1. The topological polar surface area (TPSA) is 49.4 Å². The molecule has 7 heteroatoms. The second-order valence-corrected chi connectivity index (χ2v) is 6.91. The molecule has 1 aliphatic heterocycles. The van der Waals surface area contributed by atoms with Gasteiger partial charge >= 0.3 is 0 Å². The maximum absolute atomic E-state index is 13.2. The molecule has 2 rings (SSSR count). The van der Waals surface area contributed by atoms with Crippen molar-refractivity contribution in [3.8, 4) is 0 Å². The molecular weight excluding hydrogens is 303 g/mol. The Labute approximate surface area is 125 Å². The average Bonchev–Trinajstić information content (AvgIpc) is 2.41. The van der Waals surface area contributed by atoms with Gasteiger partial charge in [0.05, 0.1) is 4.90 Å². The number of aryl methyl sites for hydroxylation is 1. The average molecular weight is 323 g/mol. The van der Waals surface area contributed by atoms with Gasteiger partial charge in [-0.1, -0.05) is 0 Å². The summed E-state index contributed by atoms with van der Waals surface area (Å²) in [7, 11) is -1.94. The first-order chi connectivity index (χ1) is 8.93. The quantitative estimate of drug-likeness (QED) is 0.925. The minimum absolute atomic E-state index is 0. The maximum Gasteiger partial charge on any atom is 0.243 e. The molecule has 4 nitrogen and oxygen atoms in total. The summed E-state index contributed by atoms with van der Waals surface area (Å²) < 4.78 is 39.6. The van der Waals surface area contributed by atoms with Crippen LogP contribution in [0, 0.1) is 12.7 Å². The molecule has 0 saturated carbocycles. The van der Waals surface area contributed by atoms with Crippen molar-refractivity contribution in [1.82, 2.24) is 9.62 Å². The van der Waals surface area contributed by atoms with Gasteiger partial charge in [0.1, 0.15) is 5.82 Å². The van der Waals surface area contributed by atoms with E-state index < -0.39 is 10.0 Å². The molecule has 0 radical (unpaired) electrons. The van der Waals surface area contributed by atoms with E-state index in [2.05, 4.69) is 5.32 Å². The van der Waals surface area contributed by atoms with Crippen molar-refractivity contribution in [2.24, 2.45) is 0 Å². The van der Waals surface area contributed by atoms with Gasteiger partial charge in [-0.05, 0) is 56.6 Å². The minimum atomic E-state index is -3.54. The van der Waals surface area contributed by atoms with Crippen LogP contribution in [0.4, 0.5) is 4.39 Å². The van der Waals surface area contributed by atoms with E-state index in [1.807, 2.05) is 0 Å². The van der Waals surface area contributed by atoms with Crippen LogP contribution in [0.2, 0.25) is 0 Å². The lowest BCUT2D eigenvalue weighted by molar-refractivity contribution is 0.296. The molecule has 1 aromatic carbocycles. The SMILES string of the molecule is Cc1cc(S(=O)(=O)N(C)C2CCNCC2)ccc1F.Cl. The van der Waals surface area contributed by atoms with Gasteiger partial charge in [0.15, 0.2) is 0 Å². The van der Waals surface area contributed by atoms with Crippen LogP contribution in [0.15, 0.2) is 23.1 Å². The lowest BCUT2D eigenvalue weighted by atomic mass is 10.1. The Kier molecular flexibility index (Phi) is 5.94. The van der Waals surface area contributed by atoms with Crippen LogP contribution in [0.3, 0.4) is 0 Å². The number of hydrogen-bond acceptors (Lipinski definition) is 3. The fourth-order valence-electron chi connectivity index (χ4n) is 2.31. The maximum atomic E-state index is 13.2. The smallest absolute Gasteiger partial charge is 0.243 e. The zero-order chi connectivity index (χ0) is 14.0. The van der Waals surface area contributed by atoms with Crippen molar-refractivity contribution in [3.63, 3.8) is 0 Å². The predicted octanol–water partition coefficient (Wildman–Crippen LogP) is 1.93. The van der Waals surface area contributed by atoms with Crippen molar-refractivity contribution in [3.05, 3.63) is 29.6 Å². The summed E-state index contributed by atoms with van der Waals surface area (Å²) >= 11 is 0. The first-order valence-corrected chi connectivity index (χ1v) is 7.82. The first kappa shape index (κ1) is 17.4. The van der Waals surface area contributed by atoms with Crippen LogP contribution in [-0.2, 0) is 10.0 Å². The van der Waals surface area contributed by atoms with Gasteiger partial charge < -0.3 is 5.32 Å². The van der Waals surface area contributed by atoms with Crippen LogP contribution in [0.5, 0.6) is 0 Å². The second kappa shape index (κ2) is 6.85. The number of piperidine rings is 1. The molecule has 20 heavy (non-hydrogen) atoms. The van der Waals surface area contributed by atoms with Gasteiger partial charge in [0.2, 0.25) is 10.0 Å². The van der Waals surface area contributed by atoms with E-state index in [1.54, 1.807) is 14.0 Å². The summed E-state index contributed by atoms with van der Waals surface area (Å²) in [6.07, 6.45) is 1.60. The second-order valence-electron chi connectivity index (χ2n) is 4.91. The molecule has 114 valence electrons. The molecule has 1 aromatic rings. The van der Waals surface area contributed by atoms with E-state index in [1.165, 1.54) is 22.5 Å². The number of nitrogens with zero attached hydrogens (tertiary/aromatic N) is 1. The summed E-state index contributed by atoms with van der Waals surface area (Å²) in [5.41, 5.74) is 0.347. The van der Waals surface area contributed by atoms with E-state index in [9.17, 15) is 12.8 Å². The number of rotatable bonds is 3. The van der Waals surface area contributed by atoms with Gasteiger partial charge in [0.25, 0.3) is 0 Å². The minimum Gasteiger partial charge on any atom is -0.317 e. The first-order valence-electron chi connectivity index (χ1n) is 6.38. The normalized spacial score (nSPS) is 17.0. The molecule has 1 N–H and O–H groups in total. The Morgan fingerprint density at radius 3 is 2.45 bits per heavy atom. The molecule has 0 bridgehead atoms. The molecule has 1 heterocycles. The van der Waals surface area contributed by atoms with E-state index in [0.717, 1.165) is 25.9 Å². The highest BCUT2D eigenvalue weighted by atomic mass is 35.5. The Bertz CT molecular complexity index is 559. The van der Waals surface area contributed by atoms with Crippen molar-refractivity contribution < 1.29 is 12.8 Å². The highest BCUT2D eigenvalue weighted by Gasteiger charge is 2.29. The predicted molar refractivity (Wildman–Crippen MR) is 79.2 cm³/mol. The molecule has 0 atom stereocenters. The zero-order valence-electron chi connectivity index (χ0n) is 11.6. The number of sulfonamides is 1. The summed E-state index contributed by atoms with van der Waals surface area (Å²) in [5.74, 6) is -0.386. The van der Waals surface area contributed by atoms with Gasteiger partial charge in [-0.15, -0.1) is 12.4 Å². The largest absolute Gasteiger partial charge is 0.317 e. The lowest BCUT2D eigenvalue weighted by Crippen LogP contribution is -2.43. The van der Waals surface area contributed by atoms with Crippen molar-refractivity contribution in [2.45, 2.75) is 30.7 Å². The van der Waals surface area contributed by atoms with E-state index in [4.69, 9.17) is 0 Å². The Morgan fingerprint density at radius 2 is 1.90 bits per heavy atom. The van der Waals surface area contributed by atoms with E-state index >= 15 is 0 Å². The standard InChI is InChI=1S/C13H19FN2O2S.ClH/c1-10-9-12(3-4-13(10)14)19(17,18)16(2)11-5-7-15-8-6-11;/h3-4,9,11,15H,5-8H2,1-2H3;1H. The Morgan fingerprint density at radius 1 is 1.30 bits per heavy atom. The zero-order valence-corrected chi connectivity index (χ0v) is 13.2. The van der Waals surface area contributed by atoms with E-state index in [0.29, 0.717) is 5.56 Å². The molecule has 0 amide bonds. The summed E-state index contributed by atoms with van der Waals surface area (Å²) in [6.45, 7) is 3.22. The van der Waals surface area contributed by atoms with Crippen LogP contribution in [-0.4, -0.2) is 38.9 Å². The van der Waals surface area contributed by atoms with Crippen LogP contribution >= 0.6 is 12.4 Å². The van der Waals surface area contributed by atoms with Gasteiger partial charge in [-0.3, -0.25) is 0 Å². The monoisotopic (exact) mass is 322 g/mol. The highest BCUT2D eigenvalue weighted by Crippen LogP contribution is 2.22. The Hall–Kier alpha value is -0.690. The van der Waals surface area contributed by atoms with Crippen molar-refractivity contribution in [2.75, 3.05) is 20.1 Å². The molecule has 1 aliphatic rings. The van der Waals surface area contributed by atoms with Gasteiger partial charge in [0, 0.05) is 13.1 Å².